The van der Waals surface area contributed by atoms with Crippen molar-refractivity contribution in [1.82, 2.24) is 45.0 Å². The second-order valence-corrected chi connectivity index (χ2v) is 15.1. The highest BCUT2D eigenvalue weighted by molar-refractivity contribution is 6.34. The molecule has 56 heavy (non-hydrogen) atoms. The molecule has 1 atom stereocenters. The van der Waals surface area contributed by atoms with E-state index in [1.54, 1.807) is 34.7 Å². The van der Waals surface area contributed by atoms with Crippen LogP contribution < -0.4 is 20.4 Å². The number of amides is 3. The van der Waals surface area contributed by atoms with Crippen molar-refractivity contribution in [2.45, 2.75) is 57.4 Å². The first-order valence-electron chi connectivity index (χ1n) is 19.0. The van der Waals surface area contributed by atoms with Gasteiger partial charge in [0.2, 0.25) is 5.91 Å². The van der Waals surface area contributed by atoms with E-state index in [2.05, 4.69) is 58.0 Å². The lowest BCUT2D eigenvalue weighted by atomic mass is 9.79. The molecule has 2 saturated heterocycles. The van der Waals surface area contributed by atoms with E-state index >= 15 is 0 Å². The number of pyridine rings is 2. The maximum atomic E-state index is 12.3. The van der Waals surface area contributed by atoms with E-state index in [9.17, 15) is 20.1 Å². The van der Waals surface area contributed by atoms with Crippen LogP contribution in [0.25, 0.3) is 22.5 Å². The molecule has 8 rings (SSSR count). The first-order valence-corrected chi connectivity index (χ1v) is 19.4. The number of carbonyl (C=O) groups is 2. The van der Waals surface area contributed by atoms with Gasteiger partial charge in [-0.15, -0.1) is 5.10 Å². The molecule has 1 aromatic carbocycles. The van der Waals surface area contributed by atoms with Gasteiger partial charge < -0.3 is 10.2 Å². The first kappa shape index (κ1) is 36.9. The van der Waals surface area contributed by atoms with Gasteiger partial charge in [0.25, 0.3) is 0 Å². The van der Waals surface area contributed by atoms with Crippen LogP contribution in [0.2, 0.25) is 5.02 Å². The first-order chi connectivity index (χ1) is 27.3. The van der Waals surface area contributed by atoms with Gasteiger partial charge in [0.1, 0.15) is 17.8 Å². The Morgan fingerprint density at radius 3 is 2.55 bits per heavy atom. The van der Waals surface area contributed by atoms with Crippen molar-refractivity contribution >= 4 is 51.6 Å². The van der Waals surface area contributed by atoms with E-state index in [-0.39, 0.29) is 12.3 Å². The SMILES string of the molecule is C[C@H](C#N)Nc1cc(-n2ncc3cc(C#N)cnc32)ncc1-n1cc(C2CCC(CCN3CCN(c4ccc(N5CCC(=O)NC5=O)c(Cl)c4)CC3)CC2)nn1. The monoisotopic (exact) mass is 772 g/mol. The fourth-order valence-electron chi connectivity index (χ4n) is 7.90. The number of carbonyl (C=O) groups excluding carboxylic acids is 2. The van der Waals surface area contributed by atoms with Crippen LogP contribution in [0.3, 0.4) is 0 Å². The summed E-state index contributed by atoms with van der Waals surface area (Å²) >= 11 is 6.62. The second-order valence-electron chi connectivity index (χ2n) is 14.7. The molecule has 0 bridgehead atoms. The predicted molar refractivity (Wildman–Crippen MR) is 210 cm³/mol. The number of halogens is 1. The Labute approximate surface area is 328 Å². The molecule has 17 heteroatoms. The van der Waals surface area contributed by atoms with Gasteiger partial charge in [-0.2, -0.15) is 20.3 Å². The summed E-state index contributed by atoms with van der Waals surface area (Å²) in [5.74, 6) is 1.25. The van der Waals surface area contributed by atoms with Gasteiger partial charge >= 0.3 is 6.03 Å². The average molecular weight is 773 g/mol. The average Bonchev–Trinajstić information content (AvgIpc) is 3.89. The van der Waals surface area contributed by atoms with Crippen LogP contribution in [0.4, 0.5) is 21.9 Å². The third-order valence-corrected chi connectivity index (χ3v) is 11.4. The topological polar surface area (TPSA) is 190 Å². The molecular weight excluding hydrogens is 732 g/mol. The molecule has 0 unspecified atom stereocenters. The lowest BCUT2D eigenvalue weighted by Gasteiger charge is -2.37. The quantitative estimate of drug-likeness (QED) is 0.190. The van der Waals surface area contributed by atoms with Crippen LogP contribution in [0.15, 0.2) is 55.1 Å². The van der Waals surface area contributed by atoms with Gasteiger partial charge in [-0.25, -0.2) is 19.4 Å². The fraction of sp³-hybridized carbons (Fsp3) is 0.410. The summed E-state index contributed by atoms with van der Waals surface area (Å²) in [6.45, 7) is 6.95. The van der Waals surface area contributed by atoms with E-state index in [1.165, 1.54) is 17.5 Å². The number of anilines is 3. The highest BCUT2D eigenvalue weighted by atomic mass is 35.5. The smallest absolute Gasteiger partial charge is 0.328 e. The standard InChI is InChI=1S/C39H41ClN14O2/c1-25(19-41)46-32-18-36(54-38-29(22-45-54)16-27(20-42)21-44-38)43-23-35(32)53-24-33(48-49-53)28-4-2-26(3-5-28)8-10-50-12-14-51(15-13-50)30-6-7-34(31(40)17-30)52-11-9-37(55)47-39(52)56/h6-7,16-18,21-26,28H,2-5,8-15H2,1H3,(H,43,46)(H,47,55,56)/t25-,26?,28?/m1/s1. The minimum Gasteiger partial charge on any atom is -0.369 e. The molecule has 1 aliphatic carbocycles. The van der Waals surface area contributed by atoms with Crippen LogP contribution in [-0.2, 0) is 4.79 Å². The van der Waals surface area contributed by atoms with Crippen molar-refractivity contribution in [2.24, 2.45) is 5.92 Å². The molecule has 2 N–H and O–H groups in total. The van der Waals surface area contributed by atoms with Crippen LogP contribution in [0.1, 0.15) is 62.6 Å². The van der Waals surface area contributed by atoms with E-state index in [1.807, 2.05) is 30.5 Å². The fourth-order valence-corrected chi connectivity index (χ4v) is 8.17. The number of hydrogen-bond donors (Lipinski definition) is 2. The zero-order valence-corrected chi connectivity index (χ0v) is 31.7. The van der Waals surface area contributed by atoms with Crippen LogP contribution in [0, 0.1) is 28.6 Å². The molecular formula is C39H41ClN14O2. The highest BCUT2D eigenvalue weighted by Crippen LogP contribution is 2.37. The summed E-state index contributed by atoms with van der Waals surface area (Å²) in [6, 6.07) is 12.8. The zero-order chi connectivity index (χ0) is 38.8. The van der Waals surface area contributed by atoms with Crippen LogP contribution >= 0.6 is 11.6 Å². The number of aromatic nitrogens is 7. The molecule has 5 aromatic rings. The van der Waals surface area contributed by atoms with Gasteiger partial charge in [0.15, 0.2) is 11.5 Å². The van der Waals surface area contributed by atoms with Gasteiger partial charge in [0.05, 0.1) is 52.3 Å². The summed E-state index contributed by atoms with van der Waals surface area (Å²) in [7, 11) is 0. The van der Waals surface area contributed by atoms with Crippen molar-refractivity contribution in [3.63, 3.8) is 0 Å². The molecule has 2 aliphatic heterocycles. The minimum atomic E-state index is -0.472. The molecule has 4 aromatic heterocycles. The Hall–Kier alpha value is -6.10. The zero-order valence-electron chi connectivity index (χ0n) is 31.0. The van der Waals surface area contributed by atoms with Crippen molar-refractivity contribution in [1.29, 1.82) is 10.5 Å². The maximum absolute atomic E-state index is 12.3. The molecule has 0 spiro atoms. The summed E-state index contributed by atoms with van der Waals surface area (Å²) in [5, 5.41) is 39.2. The maximum Gasteiger partial charge on any atom is 0.328 e. The Morgan fingerprint density at radius 2 is 1.80 bits per heavy atom. The normalized spacial score (nSPS) is 19.7. The lowest BCUT2D eigenvalue weighted by molar-refractivity contribution is -0.120. The Bertz CT molecular complexity index is 2350. The number of benzene rings is 1. The Balaban J connectivity index is 0.841. The number of fused-ring (bicyclic) bond motifs is 1. The molecule has 3 amide bonds. The van der Waals surface area contributed by atoms with Crippen molar-refractivity contribution < 1.29 is 9.59 Å². The number of piperazine rings is 1. The largest absolute Gasteiger partial charge is 0.369 e. The van der Waals surface area contributed by atoms with E-state index < -0.39 is 12.1 Å². The van der Waals surface area contributed by atoms with Gasteiger partial charge in [0, 0.05) is 68.4 Å². The number of nitrogens with zero attached hydrogens (tertiary/aromatic N) is 12. The van der Waals surface area contributed by atoms with E-state index in [0.29, 0.717) is 57.5 Å². The van der Waals surface area contributed by atoms with Crippen LogP contribution in [-0.4, -0.2) is 96.9 Å². The predicted octanol–water partition coefficient (Wildman–Crippen LogP) is 5.18. The summed E-state index contributed by atoms with van der Waals surface area (Å²) < 4.78 is 3.33. The minimum absolute atomic E-state index is 0.258. The van der Waals surface area contributed by atoms with Gasteiger partial charge in [-0.1, -0.05) is 16.8 Å². The molecule has 3 aliphatic rings. The summed E-state index contributed by atoms with van der Waals surface area (Å²) in [4.78, 5) is 39.3. The number of nitrogens with one attached hydrogen (secondary N) is 2. The summed E-state index contributed by atoms with van der Waals surface area (Å²) in [5.41, 5.74) is 4.97. The third kappa shape index (κ3) is 7.71. The summed E-state index contributed by atoms with van der Waals surface area (Å²) in [6.07, 6.45) is 12.7. The highest BCUT2D eigenvalue weighted by Gasteiger charge is 2.28. The molecule has 3 fully saturated rings. The Kier molecular flexibility index (Phi) is 10.5. The molecule has 286 valence electrons. The number of urea groups is 1. The number of rotatable bonds is 10. The van der Waals surface area contributed by atoms with Gasteiger partial charge in [-0.3, -0.25) is 19.9 Å². The number of nitriles is 2. The van der Waals surface area contributed by atoms with Crippen molar-refractivity contribution in [2.75, 3.05) is 54.4 Å². The van der Waals surface area contributed by atoms with E-state index in [4.69, 9.17) is 11.6 Å². The van der Waals surface area contributed by atoms with Gasteiger partial charge in [-0.05, 0) is 75.8 Å². The van der Waals surface area contributed by atoms with Crippen LogP contribution in [0.5, 0.6) is 0 Å². The molecule has 0 radical (unpaired) electrons. The number of imide groups is 1. The van der Waals surface area contributed by atoms with Crippen molar-refractivity contribution in [3.05, 3.63) is 71.4 Å². The third-order valence-electron chi connectivity index (χ3n) is 11.1. The Morgan fingerprint density at radius 1 is 0.982 bits per heavy atom. The molecule has 16 nitrogen and oxygen atoms in total. The second kappa shape index (κ2) is 15.9. The van der Waals surface area contributed by atoms with Crippen molar-refractivity contribution in [3.8, 4) is 23.6 Å². The lowest BCUT2D eigenvalue weighted by Crippen LogP contribution is -2.49. The molecule has 1 saturated carbocycles. The van der Waals surface area contributed by atoms with E-state index in [0.717, 1.165) is 75.2 Å². The number of hydrogen-bond acceptors (Lipinski definition) is 12. The molecule has 6 heterocycles.